The third-order valence-electron chi connectivity index (χ3n) is 5.92. The first-order valence-corrected chi connectivity index (χ1v) is 11.2. The predicted molar refractivity (Wildman–Crippen MR) is 134 cm³/mol. The summed E-state index contributed by atoms with van der Waals surface area (Å²) in [5.74, 6) is -1.87. The maximum atomic E-state index is 14.4. The van der Waals surface area contributed by atoms with Crippen LogP contribution >= 0.6 is 12.2 Å². The Morgan fingerprint density at radius 3 is 2.45 bits per heavy atom. The summed E-state index contributed by atoms with van der Waals surface area (Å²) in [5.41, 5.74) is 3.72. The number of thiocarbonyl (C=S) groups is 1. The molecule has 2 aliphatic heterocycles. The van der Waals surface area contributed by atoms with Crippen molar-refractivity contribution in [3.63, 3.8) is 0 Å². The Labute approximate surface area is 198 Å². The minimum Gasteiger partial charge on any atom is -0.360 e. The Morgan fingerprint density at radius 2 is 1.79 bits per heavy atom. The summed E-state index contributed by atoms with van der Waals surface area (Å²) in [6.45, 7) is 10.7. The van der Waals surface area contributed by atoms with Crippen molar-refractivity contribution < 1.29 is 14.0 Å². The first-order valence-electron chi connectivity index (χ1n) is 10.8. The molecule has 2 aliphatic rings. The van der Waals surface area contributed by atoms with Gasteiger partial charge in [0.1, 0.15) is 11.4 Å². The van der Waals surface area contributed by atoms with Crippen LogP contribution in [0.5, 0.6) is 0 Å². The highest BCUT2D eigenvalue weighted by Gasteiger charge is 2.36. The van der Waals surface area contributed by atoms with E-state index >= 15 is 0 Å². The molecule has 0 saturated carbocycles. The first-order chi connectivity index (χ1) is 15.5. The van der Waals surface area contributed by atoms with Crippen molar-refractivity contribution in [2.45, 2.75) is 46.2 Å². The lowest BCUT2D eigenvalue weighted by molar-refractivity contribution is -0.122. The van der Waals surface area contributed by atoms with E-state index in [1.807, 2.05) is 18.2 Å². The number of benzene rings is 2. The largest absolute Gasteiger partial charge is 0.360 e. The van der Waals surface area contributed by atoms with Crippen molar-refractivity contribution >= 4 is 52.2 Å². The lowest BCUT2D eigenvalue weighted by Gasteiger charge is -2.46. The fraction of sp³-hybridized carbons (Fsp3) is 0.269. The van der Waals surface area contributed by atoms with Gasteiger partial charge in [0.2, 0.25) is 0 Å². The number of rotatable bonds is 3. The van der Waals surface area contributed by atoms with Crippen LogP contribution in [-0.2, 0) is 9.59 Å². The zero-order valence-electron chi connectivity index (χ0n) is 19.3. The van der Waals surface area contributed by atoms with Gasteiger partial charge in [-0.3, -0.25) is 14.9 Å². The van der Waals surface area contributed by atoms with Gasteiger partial charge in [-0.25, -0.2) is 9.29 Å². The molecule has 0 bridgehead atoms. The van der Waals surface area contributed by atoms with Crippen molar-refractivity contribution in [1.82, 2.24) is 5.32 Å². The Hall–Kier alpha value is -3.32. The van der Waals surface area contributed by atoms with Crippen LogP contribution in [0.15, 0.2) is 54.1 Å². The standard InChI is InChI=1S/C26H26FN3O2S/c1-15(2)30-21-11-10-17(12-18(21)16(3)14-26(30,4)5)13-19-23(31)28-25(33)29(24(19)32)22-9-7-6-8-20(22)27/h6-15H,1-5H3,(H,28,31,33)/b19-13+. The van der Waals surface area contributed by atoms with Crippen molar-refractivity contribution in [3.8, 4) is 0 Å². The number of nitrogens with zero attached hydrogens (tertiary/aromatic N) is 2. The summed E-state index contributed by atoms with van der Waals surface area (Å²) < 4.78 is 14.4. The highest BCUT2D eigenvalue weighted by molar-refractivity contribution is 7.80. The van der Waals surface area contributed by atoms with Gasteiger partial charge in [0.25, 0.3) is 11.8 Å². The normalized spacial score (nSPS) is 19.1. The van der Waals surface area contributed by atoms with Gasteiger partial charge in [-0.15, -0.1) is 0 Å². The molecule has 1 fully saturated rings. The number of para-hydroxylation sites is 1. The number of nitrogens with one attached hydrogen (secondary N) is 1. The maximum absolute atomic E-state index is 14.4. The molecule has 0 aliphatic carbocycles. The Bertz CT molecular complexity index is 1250. The molecule has 0 atom stereocenters. The summed E-state index contributed by atoms with van der Waals surface area (Å²) in [5, 5.41) is 2.36. The molecule has 2 aromatic carbocycles. The van der Waals surface area contributed by atoms with E-state index in [4.69, 9.17) is 12.2 Å². The van der Waals surface area contributed by atoms with Gasteiger partial charge in [-0.1, -0.05) is 24.3 Å². The smallest absolute Gasteiger partial charge is 0.270 e. The van der Waals surface area contributed by atoms with E-state index in [1.165, 1.54) is 24.3 Å². The van der Waals surface area contributed by atoms with Crippen LogP contribution < -0.4 is 15.1 Å². The van der Waals surface area contributed by atoms with Crippen LogP contribution in [0.3, 0.4) is 0 Å². The lowest BCUT2D eigenvalue weighted by Crippen LogP contribution is -2.54. The fourth-order valence-electron chi connectivity index (χ4n) is 4.78. The lowest BCUT2D eigenvalue weighted by atomic mass is 9.86. The molecular formula is C26H26FN3O2S. The summed E-state index contributed by atoms with van der Waals surface area (Å²) in [7, 11) is 0. The van der Waals surface area contributed by atoms with Gasteiger partial charge in [-0.05, 0) is 88.3 Å². The Morgan fingerprint density at radius 1 is 1.09 bits per heavy atom. The number of hydrogen-bond donors (Lipinski definition) is 1. The molecule has 1 saturated heterocycles. The average Bonchev–Trinajstić information content (AvgIpc) is 2.71. The molecule has 33 heavy (non-hydrogen) atoms. The minimum atomic E-state index is -0.663. The summed E-state index contributed by atoms with van der Waals surface area (Å²) >= 11 is 5.16. The van der Waals surface area contributed by atoms with Crippen LogP contribution in [0.1, 0.15) is 45.7 Å². The van der Waals surface area contributed by atoms with E-state index in [0.717, 1.165) is 21.7 Å². The zero-order valence-corrected chi connectivity index (χ0v) is 20.1. The Kier molecular flexibility index (Phi) is 5.70. The molecule has 0 spiro atoms. The van der Waals surface area contributed by atoms with Crippen molar-refractivity contribution in [2.75, 3.05) is 9.80 Å². The van der Waals surface area contributed by atoms with Crippen LogP contribution in [-0.4, -0.2) is 28.5 Å². The van der Waals surface area contributed by atoms with Crippen LogP contribution in [0.2, 0.25) is 0 Å². The third-order valence-corrected chi connectivity index (χ3v) is 6.20. The van der Waals surface area contributed by atoms with Crippen molar-refractivity contribution in [3.05, 3.63) is 71.1 Å². The molecule has 2 amide bonds. The number of fused-ring (bicyclic) bond motifs is 1. The van der Waals surface area contributed by atoms with Crippen LogP contribution in [0, 0.1) is 5.82 Å². The second kappa shape index (κ2) is 8.23. The fourth-order valence-corrected chi connectivity index (χ4v) is 5.05. The molecule has 1 N–H and O–H groups in total. The van der Waals surface area contributed by atoms with E-state index < -0.39 is 17.6 Å². The minimum absolute atomic E-state index is 0.00238. The highest BCUT2D eigenvalue weighted by atomic mass is 32.1. The monoisotopic (exact) mass is 463 g/mol. The van der Waals surface area contributed by atoms with E-state index in [1.54, 1.807) is 6.07 Å². The SMILES string of the molecule is CC1=CC(C)(C)N(C(C)C)c2ccc(/C=C3\C(=O)NC(=S)N(c4ccccc4F)C3=O)cc21. The number of allylic oxidation sites excluding steroid dienone is 1. The van der Waals surface area contributed by atoms with E-state index in [2.05, 4.69) is 50.9 Å². The number of amides is 2. The van der Waals surface area contributed by atoms with Crippen LogP contribution in [0.4, 0.5) is 15.8 Å². The van der Waals surface area contributed by atoms with Gasteiger partial charge in [0.05, 0.1) is 11.2 Å². The first kappa shape index (κ1) is 22.9. The molecule has 170 valence electrons. The van der Waals surface area contributed by atoms with Gasteiger partial charge < -0.3 is 4.90 Å². The third kappa shape index (κ3) is 3.97. The van der Waals surface area contributed by atoms with E-state index in [9.17, 15) is 14.0 Å². The van der Waals surface area contributed by atoms with Crippen molar-refractivity contribution in [2.24, 2.45) is 0 Å². The number of hydrogen-bond acceptors (Lipinski definition) is 4. The molecule has 2 heterocycles. The van der Waals surface area contributed by atoms with Gasteiger partial charge >= 0.3 is 0 Å². The topological polar surface area (TPSA) is 52.7 Å². The zero-order chi connectivity index (χ0) is 24.1. The second-order valence-corrected chi connectivity index (χ2v) is 9.52. The quantitative estimate of drug-likeness (QED) is 0.392. The predicted octanol–water partition coefficient (Wildman–Crippen LogP) is 5.07. The molecule has 0 aromatic heterocycles. The average molecular weight is 464 g/mol. The molecule has 0 unspecified atom stereocenters. The summed E-state index contributed by atoms with van der Waals surface area (Å²) in [6, 6.07) is 12.0. The molecule has 7 heteroatoms. The molecule has 4 rings (SSSR count). The number of carbonyl (C=O) groups is 2. The van der Waals surface area contributed by atoms with Crippen molar-refractivity contribution in [1.29, 1.82) is 0 Å². The Balaban J connectivity index is 1.77. The highest BCUT2D eigenvalue weighted by Crippen LogP contribution is 2.40. The second-order valence-electron chi connectivity index (χ2n) is 9.13. The summed E-state index contributed by atoms with van der Waals surface area (Å²) in [6.07, 6.45) is 3.75. The molecular weight excluding hydrogens is 437 g/mol. The van der Waals surface area contributed by atoms with Crippen LogP contribution in [0.25, 0.3) is 11.6 Å². The van der Waals surface area contributed by atoms with E-state index in [-0.39, 0.29) is 28.0 Å². The number of anilines is 2. The van der Waals surface area contributed by atoms with Gasteiger partial charge in [-0.2, -0.15) is 0 Å². The van der Waals surface area contributed by atoms with E-state index in [0.29, 0.717) is 5.56 Å². The maximum Gasteiger partial charge on any atom is 0.270 e. The molecule has 2 aromatic rings. The summed E-state index contributed by atoms with van der Waals surface area (Å²) in [4.78, 5) is 29.2. The number of halogens is 1. The number of carbonyl (C=O) groups excluding carboxylic acids is 2. The molecule has 5 nitrogen and oxygen atoms in total. The van der Waals surface area contributed by atoms with Gasteiger partial charge in [0, 0.05) is 17.3 Å². The molecule has 0 radical (unpaired) electrons. The van der Waals surface area contributed by atoms with Gasteiger partial charge in [0.15, 0.2) is 5.11 Å².